The van der Waals surface area contributed by atoms with E-state index in [-0.39, 0.29) is 42.5 Å². The lowest BCUT2D eigenvalue weighted by Crippen LogP contribution is -2.44. The van der Waals surface area contributed by atoms with Gasteiger partial charge in [-0.15, -0.1) is 24.0 Å². The second kappa shape index (κ2) is 12.7. The highest BCUT2D eigenvalue weighted by Gasteiger charge is 2.27. The smallest absolute Gasteiger partial charge is 0.407 e. The van der Waals surface area contributed by atoms with Gasteiger partial charge in [0.15, 0.2) is 12.6 Å². The number of likely N-dealkylation sites (tertiary alicyclic amines) is 1. The van der Waals surface area contributed by atoms with Gasteiger partial charge in [-0.3, -0.25) is 9.79 Å². The van der Waals surface area contributed by atoms with E-state index >= 15 is 0 Å². The lowest BCUT2D eigenvalue weighted by atomic mass is 10.2. The zero-order valence-electron chi connectivity index (χ0n) is 19.8. The summed E-state index contributed by atoms with van der Waals surface area (Å²) < 4.78 is 10.9. The number of benzene rings is 1. The van der Waals surface area contributed by atoms with E-state index in [0.717, 1.165) is 24.5 Å². The van der Waals surface area contributed by atoms with E-state index in [1.165, 1.54) is 4.90 Å². The summed E-state index contributed by atoms with van der Waals surface area (Å²) in [7, 11) is 5.14. The number of rotatable bonds is 6. The van der Waals surface area contributed by atoms with Crippen LogP contribution in [0.3, 0.4) is 0 Å². The second-order valence-corrected chi connectivity index (χ2v) is 8.70. The first-order valence-electron chi connectivity index (χ1n) is 10.4. The van der Waals surface area contributed by atoms with Gasteiger partial charge in [0.2, 0.25) is 0 Å². The lowest BCUT2D eigenvalue weighted by molar-refractivity contribution is -0.130. The molecule has 180 valence electrons. The Balaban J connectivity index is 0.00000512. The van der Waals surface area contributed by atoms with Gasteiger partial charge in [0.25, 0.3) is 5.91 Å². The van der Waals surface area contributed by atoms with E-state index in [2.05, 4.69) is 20.5 Å². The first-order chi connectivity index (χ1) is 14.6. The number of ether oxygens (including phenoxy) is 2. The van der Waals surface area contributed by atoms with Crippen molar-refractivity contribution in [3.8, 4) is 5.75 Å². The van der Waals surface area contributed by atoms with Crippen LogP contribution in [0.25, 0.3) is 0 Å². The number of likely N-dealkylation sites (N-methyl/N-ethyl adjacent to an activating group) is 1. The molecule has 0 radical (unpaired) electrons. The third kappa shape index (κ3) is 9.49. The summed E-state index contributed by atoms with van der Waals surface area (Å²) in [6.07, 6.45) is 0.426. The average molecular weight is 561 g/mol. The molecule has 0 saturated carbocycles. The first-order valence-corrected chi connectivity index (χ1v) is 10.4. The molecule has 0 spiro atoms. The number of carbonyl (C=O) groups is 2. The van der Waals surface area contributed by atoms with Crippen molar-refractivity contribution in [3.05, 3.63) is 29.8 Å². The molecule has 2 N–H and O–H groups in total. The molecule has 0 bridgehead atoms. The maximum atomic E-state index is 12.0. The second-order valence-electron chi connectivity index (χ2n) is 8.70. The van der Waals surface area contributed by atoms with Gasteiger partial charge in [-0.25, -0.2) is 4.79 Å². The minimum atomic E-state index is -0.516. The molecule has 2 rings (SSSR count). The van der Waals surface area contributed by atoms with Crippen molar-refractivity contribution >= 4 is 41.9 Å². The molecule has 1 fully saturated rings. The topological polar surface area (TPSA) is 95.5 Å². The van der Waals surface area contributed by atoms with Gasteiger partial charge in [0.1, 0.15) is 11.4 Å². The summed E-state index contributed by atoms with van der Waals surface area (Å²) in [6, 6.07) is 7.62. The van der Waals surface area contributed by atoms with Crippen molar-refractivity contribution in [2.24, 2.45) is 4.99 Å². The van der Waals surface area contributed by atoms with Crippen LogP contribution in [0.15, 0.2) is 29.3 Å². The predicted octanol–water partition coefficient (Wildman–Crippen LogP) is 2.45. The minimum absolute atomic E-state index is 0. The third-order valence-corrected chi connectivity index (χ3v) is 4.63. The summed E-state index contributed by atoms with van der Waals surface area (Å²) in [6.45, 7) is 7.56. The molecule has 1 aliphatic rings. The van der Waals surface area contributed by atoms with E-state index in [1.54, 1.807) is 21.1 Å². The van der Waals surface area contributed by atoms with Gasteiger partial charge in [0.05, 0.1) is 6.04 Å². The fourth-order valence-electron chi connectivity index (χ4n) is 3.08. The molecule has 0 aliphatic carbocycles. The van der Waals surface area contributed by atoms with Gasteiger partial charge >= 0.3 is 6.09 Å². The number of alkyl carbamates (subject to hydrolysis) is 1. The number of halogens is 1. The van der Waals surface area contributed by atoms with Crippen LogP contribution in [0.1, 0.15) is 32.8 Å². The molecule has 1 saturated heterocycles. The Bertz CT molecular complexity index is 795. The highest BCUT2D eigenvalue weighted by atomic mass is 127. The molecular formula is C22H36IN5O4. The van der Waals surface area contributed by atoms with E-state index < -0.39 is 11.7 Å². The monoisotopic (exact) mass is 561 g/mol. The maximum Gasteiger partial charge on any atom is 0.407 e. The number of amides is 2. The number of nitrogens with zero attached hydrogens (tertiary/aromatic N) is 3. The Morgan fingerprint density at radius 2 is 2.00 bits per heavy atom. The third-order valence-electron chi connectivity index (χ3n) is 4.63. The van der Waals surface area contributed by atoms with E-state index in [4.69, 9.17) is 9.47 Å². The van der Waals surface area contributed by atoms with Gasteiger partial charge in [0, 0.05) is 40.8 Å². The molecule has 2 amide bonds. The van der Waals surface area contributed by atoms with Crippen molar-refractivity contribution < 1.29 is 19.1 Å². The number of carbonyl (C=O) groups excluding carboxylic acids is 2. The molecule has 1 atom stereocenters. The summed E-state index contributed by atoms with van der Waals surface area (Å²) >= 11 is 0. The quantitative estimate of drug-likeness (QED) is 0.315. The van der Waals surface area contributed by atoms with Crippen LogP contribution in [0, 0.1) is 0 Å². The minimum Gasteiger partial charge on any atom is -0.484 e. The van der Waals surface area contributed by atoms with E-state index in [1.807, 2.05) is 45.0 Å². The van der Waals surface area contributed by atoms with Crippen molar-refractivity contribution in [3.63, 3.8) is 0 Å². The Kier molecular flexibility index (Phi) is 11.0. The number of hydrogen-bond donors (Lipinski definition) is 2. The summed E-state index contributed by atoms with van der Waals surface area (Å²) in [5, 5.41) is 6.27. The molecule has 10 heteroatoms. The van der Waals surface area contributed by atoms with Gasteiger partial charge in [-0.1, -0.05) is 12.1 Å². The normalized spacial score (nSPS) is 16.1. The fourth-order valence-corrected chi connectivity index (χ4v) is 3.08. The summed E-state index contributed by atoms with van der Waals surface area (Å²) in [4.78, 5) is 31.7. The summed E-state index contributed by atoms with van der Waals surface area (Å²) in [5.74, 6) is 1.32. The number of aliphatic imine (C=N–C) groups is 1. The van der Waals surface area contributed by atoms with Crippen LogP contribution >= 0.6 is 24.0 Å². The van der Waals surface area contributed by atoms with Crippen LogP contribution < -0.4 is 15.4 Å². The lowest BCUT2D eigenvalue weighted by Gasteiger charge is -2.23. The summed E-state index contributed by atoms with van der Waals surface area (Å²) in [5.41, 5.74) is 0.497. The number of guanidine groups is 1. The zero-order valence-corrected chi connectivity index (χ0v) is 22.1. The van der Waals surface area contributed by atoms with Crippen molar-refractivity contribution in [1.82, 2.24) is 20.4 Å². The number of hydrogen-bond acceptors (Lipinski definition) is 5. The first kappa shape index (κ1) is 27.8. The maximum absolute atomic E-state index is 12.0. The Hall–Kier alpha value is -2.24. The molecule has 32 heavy (non-hydrogen) atoms. The fraction of sp³-hybridized carbons (Fsp3) is 0.591. The molecule has 9 nitrogen and oxygen atoms in total. The Labute approximate surface area is 207 Å². The molecular weight excluding hydrogens is 525 g/mol. The zero-order chi connectivity index (χ0) is 23.0. The van der Waals surface area contributed by atoms with Crippen LogP contribution in [0.5, 0.6) is 5.75 Å². The molecule has 1 aliphatic heterocycles. The Morgan fingerprint density at radius 1 is 1.28 bits per heavy atom. The molecule has 0 aromatic heterocycles. The van der Waals surface area contributed by atoms with Crippen molar-refractivity contribution in [2.75, 3.05) is 40.8 Å². The van der Waals surface area contributed by atoms with Gasteiger partial charge < -0.3 is 29.9 Å². The van der Waals surface area contributed by atoms with Crippen LogP contribution in [0.4, 0.5) is 4.79 Å². The van der Waals surface area contributed by atoms with E-state index in [9.17, 15) is 9.59 Å². The number of nitrogens with one attached hydrogen (secondary N) is 2. The Morgan fingerprint density at radius 3 is 2.62 bits per heavy atom. The van der Waals surface area contributed by atoms with Gasteiger partial charge in [-0.2, -0.15) is 0 Å². The SMILES string of the molecule is CN=C(NCc1cccc(OCC(=O)N(C)C)c1)N1CCC(NC(=O)OC(C)(C)C)C1.I. The van der Waals surface area contributed by atoms with Crippen LogP contribution in [-0.4, -0.2) is 80.2 Å². The molecule has 1 aromatic rings. The van der Waals surface area contributed by atoms with Crippen molar-refractivity contribution in [2.45, 2.75) is 45.4 Å². The van der Waals surface area contributed by atoms with Gasteiger partial charge in [-0.05, 0) is 44.9 Å². The highest BCUT2D eigenvalue weighted by Crippen LogP contribution is 2.15. The van der Waals surface area contributed by atoms with Crippen molar-refractivity contribution in [1.29, 1.82) is 0 Å². The highest BCUT2D eigenvalue weighted by molar-refractivity contribution is 14.0. The molecule has 1 aromatic carbocycles. The van der Waals surface area contributed by atoms with Crippen LogP contribution in [0.2, 0.25) is 0 Å². The predicted molar refractivity (Wildman–Crippen MR) is 136 cm³/mol. The largest absolute Gasteiger partial charge is 0.484 e. The van der Waals surface area contributed by atoms with E-state index in [0.29, 0.717) is 18.8 Å². The van der Waals surface area contributed by atoms with Crippen LogP contribution in [-0.2, 0) is 16.1 Å². The standard InChI is InChI=1S/C22H35N5O4.HI/c1-22(2,3)31-21(29)25-17-10-11-27(14-17)20(23-4)24-13-16-8-7-9-18(12-16)30-15-19(28)26(5)6;/h7-9,12,17H,10-11,13-15H2,1-6H3,(H,23,24)(H,25,29);1H. The average Bonchev–Trinajstić information content (AvgIpc) is 3.13. The molecule has 1 unspecified atom stereocenters. The molecule has 1 heterocycles.